The first-order chi connectivity index (χ1) is 9.19. The van der Waals surface area contributed by atoms with Crippen LogP contribution in [-0.4, -0.2) is 48.4 Å². The van der Waals surface area contributed by atoms with Gasteiger partial charge < -0.3 is 9.84 Å². The van der Waals surface area contributed by atoms with Crippen molar-refractivity contribution >= 4 is 22.7 Å². The highest BCUT2D eigenvalue weighted by Crippen LogP contribution is 2.25. The SMILES string of the molecule is COCC(O)CN(C)Cc1csc(-c2ccsc2)n1. The predicted octanol–water partition coefficient (Wildman–Crippen LogP) is 2.31. The normalized spacial score (nSPS) is 13.1. The number of hydrogen-bond donors (Lipinski definition) is 1. The Bertz CT molecular complexity index is 485. The summed E-state index contributed by atoms with van der Waals surface area (Å²) < 4.78 is 4.92. The molecule has 19 heavy (non-hydrogen) atoms. The molecule has 0 bridgehead atoms. The number of rotatable bonds is 7. The highest BCUT2D eigenvalue weighted by molar-refractivity contribution is 7.14. The smallest absolute Gasteiger partial charge is 0.124 e. The quantitative estimate of drug-likeness (QED) is 0.852. The van der Waals surface area contributed by atoms with Crippen molar-refractivity contribution in [1.82, 2.24) is 9.88 Å². The van der Waals surface area contributed by atoms with E-state index in [-0.39, 0.29) is 0 Å². The van der Waals surface area contributed by atoms with Crippen molar-refractivity contribution in [2.75, 3.05) is 27.3 Å². The van der Waals surface area contributed by atoms with Crippen molar-refractivity contribution in [1.29, 1.82) is 0 Å². The van der Waals surface area contributed by atoms with E-state index in [1.807, 2.05) is 7.05 Å². The number of aliphatic hydroxyl groups excluding tert-OH is 1. The molecule has 0 radical (unpaired) electrons. The van der Waals surface area contributed by atoms with E-state index < -0.39 is 6.10 Å². The molecular formula is C13H18N2O2S2. The van der Waals surface area contributed by atoms with Crippen LogP contribution in [0.2, 0.25) is 0 Å². The van der Waals surface area contributed by atoms with Crippen LogP contribution in [0.1, 0.15) is 5.69 Å². The molecule has 0 saturated heterocycles. The van der Waals surface area contributed by atoms with Gasteiger partial charge in [-0.2, -0.15) is 11.3 Å². The number of methoxy groups -OCH3 is 1. The van der Waals surface area contributed by atoms with Crippen LogP contribution in [0.15, 0.2) is 22.2 Å². The third kappa shape index (κ3) is 4.36. The fourth-order valence-corrected chi connectivity index (χ4v) is 3.37. The van der Waals surface area contributed by atoms with Crippen LogP contribution in [0.4, 0.5) is 0 Å². The number of nitrogens with zero attached hydrogens (tertiary/aromatic N) is 2. The Labute approximate surface area is 121 Å². The molecule has 1 atom stereocenters. The lowest BCUT2D eigenvalue weighted by Crippen LogP contribution is -2.31. The van der Waals surface area contributed by atoms with Crippen molar-refractivity contribution in [2.24, 2.45) is 0 Å². The number of likely N-dealkylation sites (N-methyl/N-ethyl adjacent to an activating group) is 1. The molecule has 1 N–H and O–H groups in total. The Balaban J connectivity index is 1.89. The molecule has 0 aliphatic rings. The molecule has 6 heteroatoms. The van der Waals surface area contributed by atoms with E-state index in [0.717, 1.165) is 17.2 Å². The number of hydrogen-bond acceptors (Lipinski definition) is 6. The van der Waals surface area contributed by atoms with Gasteiger partial charge in [-0.1, -0.05) is 0 Å². The molecule has 2 aromatic rings. The van der Waals surface area contributed by atoms with E-state index in [0.29, 0.717) is 13.2 Å². The van der Waals surface area contributed by atoms with Crippen LogP contribution in [0, 0.1) is 0 Å². The van der Waals surface area contributed by atoms with Crippen LogP contribution >= 0.6 is 22.7 Å². The minimum atomic E-state index is -0.454. The summed E-state index contributed by atoms with van der Waals surface area (Å²) in [5.41, 5.74) is 2.22. The molecule has 0 fully saturated rings. The molecule has 2 heterocycles. The maximum atomic E-state index is 9.67. The maximum absolute atomic E-state index is 9.67. The van der Waals surface area contributed by atoms with Crippen molar-refractivity contribution < 1.29 is 9.84 Å². The number of thiazole rings is 1. The Hall–Kier alpha value is -0.790. The standard InChI is InChI=1S/C13H18N2O2S2/c1-15(6-12(16)7-17-2)5-11-9-19-13(14-11)10-3-4-18-8-10/h3-4,8-9,12,16H,5-7H2,1-2H3. The van der Waals surface area contributed by atoms with E-state index >= 15 is 0 Å². The number of thiophene rings is 1. The van der Waals surface area contributed by atoms with Gasteiger partial charge in [0.2, 0.25) is 0 Å². The van der Waals surface area contributed by atoms with Gasteiger partial charge in [0, 0.05) is 36.5 Å². The summed E-state index contributed by atoms with van der Waals surface area (Å²) >= 11 is 3.34. The van der Waals surface area contributed by atoms with Crippen molar-refractivity contribution in [2.45, 2.75) is 12.6 Å². The zero-order chi connectivity index (χ0) is 13.7. The van der Waals surface area contributed by atoms with E-state index in [1.165, 1.54) is 5.56 Å². The third-order valence-corrected chi connectivity index (χ3v) is 4.26. The van der Waals surface area contributed by atoms with Gasteiger partial charge >= 0.3 is 0 Å². The molecule has 104 valence electrons. The van der Waals surface area contributed by atoms with Gasteiger partial charge in [0.25, 0.3) is 0 Å². The average Bonchev–Trinajstić information content (AvgIpc) is 2.98. The van der Waals surface area contributed by atoms with Crippen LogP contribution in [-0.2, 0) is 11.3 Å². The molecule has 2 aromatic heterocycles. The van der Waals surface area contributed by atoms with Gasteiger partial charge in [0.1, 0.15) is 5.01 Å². The third-order valence-electron chi connectivity index (χ3n) is 2.63. The van der Waals surface area contributed by atoms with Gasteiger partial charge in [-0.05, 0) is 18.5 Å². The summed E-state index contributed by atoms with van der Waals surface area (Å²) in [7, 11) is 3.57. The van der Waals surface area contributed by atoms with Crippen molar-refractivity contribution in [3.05, 3.63) is 27.9 Å². The average molecular weight is 298 g/mol. The monoisotopic (exact) mass is 298 g/mol. The zero-order valence-corrected chi connectivity index (χ0v) is 12.7. The first-order valence-electron chi connectivity index (χ1n) is 6.01. The maximum Gasteiger partial charge on any atom is 0.124 e. The minimum Gasteiger partial charge on any atom is -0.389 e. The Morgan fingerprint density at radius 2 is 2.32 bits per heavy atom. The van der Waals surface area contributed by atoms with Gasteiger partial charge in [-0.25, -0.2) is 4.98 Å². The Morgan fingerprint density at radius 3 is 3.00 bits per heavy atom. The first kappa shape index (κ1) is 14.6. The van der Waals surface area contributed by atoms with Gasteiger partial charge in [0.05, 0.1) is 18.4 Å². The van der Waals surface area contributed by atoms with Crippen LogP contribution in [0.5, 0.6) is 0 Å². The number of aromatic nitrogens is 1. The minimum absolute atomic E-state index is 0.363. The van der Waals surface area contributed by atoms with Gasteiger partial charge in [0.15, 0.2) is 0 Å². The van der Waals surface area contributed by atoms with E-state index in [1.54, 1.807) is 29.8 Å². The van der Waals surface area contributed by atoms with Crippen LogP contribution in [0.3, 0.4) is 0 Å². The summed E-state index contributed by atoms with van der Waals surface area (Å²) in [5.74, 6) is 0. The molecule has 0 aromatic carbocycles. The van der Waals surface area contributed by atoms with Crippen molar-refractivity contribution in [3.63, 3.8) is 0 Å². The molecule has 0 aliphatic carbocycles. The van der Waals surface area contributed by atoms with E-state index in [9.17, 15) is 5.11 Å². The van der Waals surface area contributed by atoms with E-state index in [4.69, 9.17) is 4.74 Å². The van der Waals surface area contributed by atoms with Crippen molar-refractivity contribution in [3.8, 4) is 10.6 Å². The number of aliphatic hydroxyl groups is 1. The largest absolute Gasteiger partial charge is 0.389 e. The number of ether oxygens (including phenoxy) is 1. The molecule has 2 rings (SSSR count). The highest BCUT2D eigenvalue weighted by Gasteiger charge is 2.11. The summed E-state index contributed by atoms with van der Waals surface area (Å²) in [6, 6.07) is 2.08. The summed E-state index contributed by atoms with van der Waals surface area (Å²) in [6.07, 6.45) is -0.454. The summed E-state index contributed by atoms with van der Waals surface area (Å²) in [6.45, 7) is 1.68. The predicted molar refractivity (Wildman–Crippen MR) is 79.6 cm³/mol. The van der Waals surface area contributed by atoms with Gasteiger partial charge in [-0.15, -0.1) is 11.3 Å². The lowest BCUT2D eigenvalue weighted by molar-refractivity contribution is 0.0417. The summed E-state index contributed by atoms with van der Waals surface area (Å²) in [5, 5.41) is 17.0. The topological polar surface area (TPSA) is 45.6 Å². The second-order valence-corrected chi connectivity index (χ2v) is 6.10. The molecular weight excluding hydrogens is 280 g/mol. The fraction of sp³-hybridized carbons (Fsp3) is 0.462. The zero-order valence-electron chi connectivity index (χ0n) is 11.1. The lowest BCUT2D eigenvalue weighted by Gasteiger charge is -2.18. The Morgan fingerprint density at radius 1 is 1.47 bits per heavy atom. The fourth-order valence-electron chi connectivity index (χ4n) is 1.84. The lowest BCUT2D eigenvalue weighted by atomic mass is 10.3. The van der Waals surface area contributed by atoms with E-state index in [2.05, 4.69) is 32.1 Å². The second kappa shape index (κ2) is 7.12. The first-order valence-corrected chi connectivity index (χ1v) is 7.84. The highest BCUT2D eigenvalue weighted by atomic mass is 32.1. The molecule has 0 aliphatic heterocycles. The van der Waals surface area contributed by atoms with Gasteiger partial charge in [-0.3, -0.25) is 4.90 Å². The summed E-state index contributed by atoms with van der Waals surface area (Å²) in [4.78, 5) is 6.67. The van der Waals surface area contributed by atoms with Crippen LogP contribution < -0.4 is 0 Å². The second-order valence-electron chi connectivity index (χ2n) is 4.46. The molecule has 0 spiro atoms. The molecule has 1 unspecified atom stereocenters. The van der Waals surface area contributed by atoms with Crippen LogP contribution in [0.25, 0.3) is 10.6 Å². The molecule has 0 saturated carbocycles. The molecule has 0 amide bonds. The Kier molecular flexibility index (Phi) is 5.47. The molecule has 4 nitrogen and oxygen atoms in total.